The SMILES string of the molecule is O=C(OC[C@H]1O[C@@H](n2cnc3c(Cl)ncnc32)[C@H](O)[C@@H]1O)c1ccccc1. The summed E-state index contributed by atoms with van der Waals surface area (Å²) in [6.07, 6.45) is -1.74. The van der Waals surface area contributed by atoms with E-state index in [0.717, 1.165) is 0 Å². The zero-order valence-corrected chi connectivity index (χ0v) is 14.6. The molecule has 0 radical (unpaired) electrons. The number of aromatic nitrogens is 4. The summed E-state index contributed by atoms with van der Waals surface area (Å²) < 4.78 is 12.4. The Balaban J connectivity index is 1.49. The van der Waals surface area contributed by atoms with Gasteiger partial charge in [0.15, 0.2) is 17.0 Å². The molecule has 0 aliphatic carbocycles. The maximum Gasteiger partial charge on any atom is 0.338 e. The topological polar surface area (TPSA) is 120 Å². The van der Waals surface area contributed by atoms with Gasteiger partial charge >= 0.3 is 5.97 Å². The summed E-state index contributed by atoms with van der Waals surface area (Å²) in [5.74, 6) is -0.544. The minimum Gasteiger partial charge on any atom is -0.459 e. The van der Waals surface area contributed by atoms with Gasteiger partial charge in [0.25, 0.3) is 0 Å². The number of halogens is 1. The van der Waals surface area contributed by atoms with Crippen molar-refractivity contribution < 1.29 is 24.5 Å². The van der Waals surface area contributed by atoms with Crippen LogP contribution in [0.15, 0.2) is 43.0 Å². The lowest BCUT2D eigenvalue weighted by Gasteiger charge is -2.16. The van der Waals surface area contributed by atoms with Gasteiger partial charge in [-0.15, -0.1) is 0 Å². The molecule has 4 atom stereocenters. The molecule has 0 unspecified atom stereocenters. The van der Waals surface area contributed by atoms with Crippen molar-refractivity contribution in [1.29, 1.82) is 0 Å². The van der Waals surface area contributed by atoms with E-state index in [1.54, 1.807) is 30.3 Å². The van der Waals surface area contributed by atoms with E-state index in [9.17, 15) is 15.0 Å². The number of ether oxygens (including phenoxy) is 2. The molecule has 4 rings (SSSR count). The zero-order chi connectivity index (χ0) is 19.0. The molecule has 3 aromatic rings. The number of imidazole rings is 1. The summed E-state index contributed by atoms with van der Waals surface area (Å²) in [6, 6.07) is 8.45. The first-order valence-corrected chi connectivity index (χ1v) is 8.51. The average molecular weight is 391 g/mol. The van der Waals surface area contributed by atoms with Crippen LogP contribution in [0.2, 0.25) is 5.15 Å². The highest BCUT2D eigenvalue weighted by Crippen LogP contribution is 2.32. The van der Waals surface area contributed by atoms with Crippen LogP contribution in [-0.2, 0) is 9.47 Å². The third-order valence-electron chi connectivity index (χ3n) is 4.31. The van der Waals surface area contributed by atoms with Crippen molar-refractivity contribution >= 4 is 28.7 Å². The second kappa shape index (κ2) is 7.20. The van der Waals surface area contributed by atoms with Crippen molar-refractivity contribution in [2.75, 3.05) is 6.61 Å². The Morgan fingerprint density at radius 2 is 1.96 bits per heavy atom. The molecule has 1 fully saturated rings. The second-order valence-corrected chi connectivity index (χ2v) is 6.36. The highest BCUT2D eigenvalue weighted by Gasteiger charge is 2.45. The molecule has 3 heterocycles. The largest absolute Gasteiger partial charge is 0.459 e. The van der Waals surface area contributed by atoms with Gasteiger partial charge < -0.3 is 19.7 Å². The minimum absolute atomic E-state index is 0.167. The Hall–Kier alpha value is -2.59. The van der Waals surface area contributed by atoms with E-state index in [2.05, 4.69) is 15.0 Å². The molecule has 1 aliphatic heterocycles. The van der Waals surface area contributed by atoms with Crippen LogP contribution in [0.25, 0.3) is 11.2 Å². The van der Waals surface area contributed by atoms with Crippen LogP contribution in [0.4, 0.5) is 0 Å². The van der Waals surface area contributed by atoms with Gasteiger partial charge in [-0.1, -0.05) is 29.8 Å². The van der Waals surface area contributed by atoms with Gasteiger partial charge in [0, 0.05) is 0 Å². The Bertz CT molecular complexity index is 966. The molecule has 0 saturated carbocycles. The van der Waals surface area contributed by atoms with Gasteiger partial charge in [0.2, 0.25) is 0 Å². The zero-order valence-electron chi connectivity index (χ0n) is 13.8. The lowest BCUT2D eigenvalue weighted by molar-refractivity contribution is -0.0565. The van der Waals surface area contributed by atoms with E-state index in [0.29, 0.717) is 16.7 Å². The van der Waals surface area contributed by atoms with Crippen LogP contribution in [0.5, 0.6) is 0 Å². The molecule has 1 aromatic carbocycles. The molecule has 27 heavy (non-hydrogen) atoms. The first-order chi connectivity index (χ1) is 13.1. The van der Waals surface area contributed by atoms with Crippen LogP contribution < -0.4 is 0 Å². The number of rotatable bonds is 4. The second-order valence-electron chi connectivity index (χ2n) is 6.00. The molecule has 0 amide bonds. The molecule has 10 heteroatoms. The number of hydrogen-bond acceptors (Lipinski definition) is 8. The van der Waals surface area contributed by atoms with Crippen molar-refractivity contribution in [2.24, 2.45) is 0 Å². The van der Waals surface area contributed by atoms with Crippen molar-refractivity contribution in [3.05, 3.63) is 53.7 Å². The van der Waals surface area contributed by atoms with E-state index in [1.165, 1.54) is 17.2 Å². The third-order valence-corrected chi connectivity index (χ3v) is 4.59. The molecule has 0 spiro atoms. The predicted octanol–water partition coefficient (Wildman–Crippen LogP) is 0.956. The molecule has 2 N–H and O–H groups in total. The highest BCUT2D eigenvalue weighted by atomic mass is 35.5. The van der Waals surface area contributed by atoms with E-state index in [1.807, 2.05) is 0 Å². The fraction of sp³-hybridized carbons (Fsp3) is 0.294. The molecule has 140 valence electrons. The highest BCUT2D eigenvalue weighted by molar-refractivity contribution is 6.33. The molecule has 0 bridgehead atoms. The minimum atomic E-state index is -1.27. The van der Waals surface area contributed by atoms with Crippen molar-refractivity contribution in [1.82, 2.24) is 19.5 Å². The fourth-order valence-electron chi connectivity index (χ4n) is 2.92. The number of carbonyl (C=O) groups is 1. The average Bonchev–Trinajstić information content (AvgIpc) is 3.23. The van der Waals surface area contributed by atoms with Crippen LogP contribution >= 0.6 is 11.6 Å². The summed E-state index contributed by atoms with van der Waals surface area (Å²) in [5.41, 5.74) is 1.09. The number of esters is 1. The summed E-state index contributed by atoms with van der Waals surface area (Å²) in [6.45, 7) is -0.217. The van der Waals surface area contributed by atoms with Gasteiger partial charge in [0.05, 0.1) is 11.9 Å². The molecule has 2 aromatic heterocycles. The van der Waals surface area contributed by atoms with Crippen molar-refractivity contribution in [3.63, 3.8) is 0 Å². The van der Waals surface area contributed by atoms with Gasteiger partial charge in [-0.05, 0) is 12.1 Å². The van der Waals surface area contributed by atoms with Crippen LogP contribution in [-0.4, -0.2) is 60.6 Å². The van der Waals surface area contributed by atoms with E-state index in [4.69, 9.17) is 21.1 Å². The molecule has 9 nitrogen and oxygen atoms in total. The number of hydrogen-bond donors (Lipinski definition) is 2. The van der Waals surface area contributed by atoms with Crippen LogP contribution in [0.1, 0.15) is 16.6 Å². The van der Waals surface area contributed by atoms with E-state index >= 15 is 0 Å². The number of carbonyl (C=O) groups excluding carboxylic acids is 1. The smallest absolute Gasteiger partial charge is 0.338 e. The first kappa shape index (κ1) is 17.8. The third kappa shape index (κ3) is 3.26. The van der Waals surface area contributed by atoms with E-state index in [-0.39, 0.29) is 11.8 Å². The Labute approximate surface area is 158 Å². The Kier molecular flexibility index (Phi) is 4.75. The number of nitrogens with zero attached hydrogens (tertiary/aromatic N) is 4. The molecule has 1 aliphatic rings. The quantitative estimate of drug-likeness (QED) is 0.499. The van der Waals surface area contributed by atoms with Gasteiger partial charge in [-0.2, -0.15) is 0 Å². The number of benzene rings is 1. The predicted molar refractivity (Wildman–Crippen MR) is 93.0 cm³/mol. The van der Waals surface area contributed by atoms with Gasteiger partial charge in [-0.3, -0.25) is 4.57 Å². The Morgan fingerprint density at radius 3 is 2.74 bits per heavy atom. The van der Waals surface area contributed by atoms with Crippen LogP contribution in [0, 0.1) is 0 Å². The Morgan fingerprint density at radius 1 is 1.19 bits per heavy atom. The van der Waals surface area contributed by atoms with Gasteiger partial charge in [0.1, 0.15) is 36.8 Å². The summed E-state index contributed by atoms with van der Waals surface area (Å²) in [7, 11) is 0. The standard InChI is InChI=1S/C17H15ClN4O5/c18-14-11-15(20-7-19-14)22(8-21-11)16-13(24)12(23)10(27-16)6-26-17(25)9-4-2-1-3-5-9/h1-5,7-8,10,12-13,16,23-24H,6H2/t10-,12-,13-,16-/m1/s1. The lowest BCUT2D eigenvalue weighted by Crippen LogP contribution is -2.34. The summed E-state index contributed by atoms with van der Waals surface area (Å²) >= 11 is 5.98. The summed E-state index contributed by atoms with van der Waals surface area (Å²) in [4.78, 5) is 24.1. The fourth-order valence-corrected chi connectivity index (χ4v) is 3.10. The molecule has 1 saturated heterocycles. The normalized spacial score (nSPS) is 25.0. The number of aliphatic hydroxyl groups is 2. The monoisotopic (exact) mass is 390 g/mol. The maximum absolute atomic E-state index is 12.0. The molecular weight excluding hydrogens is 376 g/mol. The number of fused-ring (bicyclic) bond motifs is 1. The maximum atomic E-state index is 12.0. The lowest BCUT2D eigenvalue weighted by atomic mass is 10.1. The summed E-state index contributed by atoms with van der Waals surface area (Å²) in [5, 5.41) is 20.8. The first-order valence-electron chi connectivity index (χ1n) is 8.13. The van der Waals surface area contributed by atoms with Crippen LogP contribution in [0.3, 0.4) is 0 Å². The van der Waals surface area contributed by atoms with Crippen molar-refractivity contribution in [3.8, 4) is 0 Å². The number of aliphatic hydroxyl groups excluding tert-OH is 2. The van der Waals surface area contributed by atoms with Crippen molar-refractivity contribution in [2.45, 2.75) is 24.5 Å². The van der Waals surface area contributed by atoms with E-state index < -0.39 is 30.5 Å². The van der Waals surface area contributed by atoms with Gasteiger partial charge in [-0.25, -0.2) is 19.7 Å². The molecular formula is C17H15ClN4O5.